The number of rotatable bonds is 9. The van der Waals surface area contributed by atoms with E-state index >= 15 is 0 Å². The van der Waals surface area contributed by atoms with Crippen LogP contribution in [0.25, 0.3) is 6.08 Å². The van der Waals surface area contributed by atoms with E-state index < -0.39 is 0 Å². The fraction of sp³-hybridized carbons (Fsp3) is 0.474. The molecule has 1 unspecified atom stereocenters. The third kappa shape index (κ3) is 6.44. The smallest absolute Gasteiger partial charge is 0.310 e. The second-order valence-corrected chi connectivity index (χ2v) is 5.67. The van der Waals surface area contributed by atoms with E-state index in [4.69, 9.17) is 9.47 Å². The van der Waals surface area contributed by atoms with Crippen LogP contribution in [0.1, 0.15) is 32.3 Å². The molecular formula is C19H27NO4. The molecule has 5 nitrogen and oxygen atoms in total. The van der Waals surface area contributed by atoms with Gasteiger partial charge in [-0.15, -0.1) is 0 Å². The molecule has 0 heterocycles. The van der Waals surface area contributed by atoms with Gasteiger partial charge in [-0.1, -0.05) is 32.4 Å². The Hall–Kier alpha value is -2.30. The van der Waals surface area contributed by atoms with Crippen LogP contribution in [-0.2, 0) is 14.3 Å². The van der Waals surface area contributed by atoms with E-state index in [2.05, 4.69) is 6.92 Å². The quantitative estimate of drug-likeness (QED) is 0.514. The third-order valence-corrected chi connectivity index (χ3v) is 3.70. The number of nitrogens with zero attached hydrogens (tertiary/aromatic N) is 1. The molecule has 0 aromatic heterocycles. The average Bonchev–Trinajstić information content (AvgIpc) is 2.62. The summed E-state index contributed by atoms with van der Waals surface area (Å²) >= 11 is 0. The molecule has 0 N–H and O–H groups in total. The SMILES string of the molecule is CCCCN(CC(C)C(=O)OC)C(=O)/C=C/c1cccc(OC)c1. The van der Waals surface area contributed by atoms with Crippen LogP contribution in [0.5, 0.6) is 5.75 Å². The summed E-state index contributed by atoms with van der Waals surface area (Å²) in [5.41, 5.74) is 0.888. The lowest BCUT2D eigenvalue weighted by atomic mass is 10.1. The van der Waals surface area contributed by atoms with Crippen LogP contribution < -0.4 is 4.74 Å². The van der Waals surface area contributed by atoms with Gasteiger partial charge in [-0.2, -0.15) is 0 Å². The van der Waals surface area contributed by atoms with Crippen molar-refractivity contribution in [1.29, 1.82) is 0 Å². The zero-order valence-electron chi connectivity index (χ0n) is 15.0. The molecule has 0 radical (unpaired) electrons. The molecule has 0 aliphatic rings. The predicted molar refractivity (Wildman–Crippen MR) is 94.7 cm³/mol. The summed E-state index contributed by atoms with van der Waals surface area (Å²) in [7, 11) is 2.97. The molecule has 24 heavy (non-hydrogen) atoms. The van der Waals surface area contributed by atoms with E-state index in [-0.39, 0.29) is 17.8 Å². The second kappa shape index (κ2) is 10.5. The van der Waals surface area contributed by atoms with Crippen LogP contribution in [0.15, 0.2) is 30.3 Å². The van der Waals surface area contributed by atoms with Gasteiger partial charge in [-0.25, -0.2) is 0 Å². The number of carbonyl (C=O) groups excluding carboxylic acids is 2. The summed E-state index contributed by atoms with van der Waals surface area (Å²) < 4.78 is 9.92. The van der Waals surface area contributed by atoms with E-state index in [0.717, 1.165) is 24.2 Å². The van der Waals surface area contributed by atoms with Crippen LogP contribution in [-0.4, -0.2) is 44.1 Å². The Kier molecular flexibility index (Phi) is 8.61. The normalized spacial score (nSPS) is 12.0. The van der Waals surface area contributed by atoms with Crippen molar-refractivity contribution in [2.24, 2.45) is 5.92 Å². The van der Waals surface area contributed by atoms with Crippen LogP contribution in [0, 0.1) is 5.92 Å². The molecule has 1 aromatic rings. The van der Waals surface area contributed by atoms with Gasteiger partial charge in [0.15, 0.2) is 0 Å². The number of benzene rings is 1. The molecule has 0 saturated heterocycles. The Morgan fingerprint density at radius 1 is 1.29 bits per heavy atom. The number of amides is 1. The standard InChI is InChI=1S/C19H27NO4/c1-5-6-12-20(14-15(2)19(22)24-4)18(21)11-10-16-8-7-9-17(13-16)23-3/h7-11,13,15H,5-6,12,14H2,1-4H3/b11-10+. The first-order valence-corrected chi connectivity index (χ1v) is 8.20. The fourth-order valence-electron chi connectivity index (χ4n) is 2.26. The molecule has 0 fully saturated rings. The summed E-state index contributed by atoms with van der Waals surface area (Å²) in [6.45, 7) is 4.81. The molecule has 5 heteroatoms. The number of hydrogen-bond acceptors (Lipinski definition) is 4. The van der Waals surface area contributed by atoms with Gasteiger partial charge in [0.1, 0.15) is 5.75 Å². The van der Waals surface area contributed by atoms with Crippen molar-refractivity contribution in [1.82, 2.24) is 4.90 Å². The van der Waals surface area contributed by atoms with Crippen LogP contribution in [0.4, 0.5) is 0 Å². The Balaban J connectivity index is 2.78. The van der Waals surface area contributed by atoms with Crippen molar-refractivity contribution >= 4 is 18.0 Å². The van der Waals surface area contributed by atoms with Crippen molar-refractivity contribution in [2.45, 2.75) is 26.7 Å². The Bertz CT molecular complexity index is 568. The maximum absolute atomic E-state index is 12.5. The Morgan fingerprint density at radius 2 is 2.04 bits per heavy atom. The van der Waals surface area contributed by atoms with Crippen molar-refractivity contribution in [2.75, 3.05) is 27.3 Å². The number of methoxy groups -OCH3 is 2. The zero-order chi connectivity index (χ0) is 17.9. The third-order valence-electron chi connectivity index (χ3n) is 3.70. The van der Waals surface area contributed by atoms with Crippen LogP contribution >= 0.6 is 0 Å². The second-order valence-electron chi connectivity index (χ2n) is 5.67. The largest absolute Gasteiger partial charge is 0.497 e. The fourth-order valence-corrected chi connectivity index (χ4v) is 2.26. The summed E-state index contributed by atoms with van der Waals surface area (Å²) in [5.74, 6) is -0.0177. The Labute approximate surface area is 144 Å². The van der Waals surface area contributed by atoms with Crippen molar-refractivity contribution in [3.05, 3.63) is 35.9 Å². The van der Waals surface area contributed by atoms with E-state index in [0.29, 0.717) is 13.1 Å². The minimum absolute atomic E-state index is 0.109. The lowest BCUT2D eigenvalue weighted by Crippen LogP contribution is -2.37. The highest BCUT2D eigenvalue weighted by atomic mass is 16.5. The molecule has 0 saturated carbocycles. The maximum Gasteiger partial charge on any atom is 0.310 e. The van der Waals surface area contributed by atoms with E-state index in [9.17, 15) is 9.59 Å². The number of ether oxygens (including phenoxy) is 2. The number of hydrogen-bond donors (Lipinski definition) is 0. The monoisotopic (exact) mass is 333 g/mol. The summed E-state index contributed by atoms with van der Waals surface area (Å²) in [5, 5.41) is 0. The first kappa shape index (κ1) is 19.7. The Morgan fingerprint density at radius 3 is 2.67 bits per heavy atom. The van der Waals surface area contributed by atoms with Gasteiger partial charge < -0.3 is 14.4 Å². The lowest BCUT2D eigenvalue weighted by Gasteiger charge is -2.23. The van der Waals surface area contributed by atoms with E-state index in [1.807, 2.05) is 24.3 Å². The van der Waals surface area contributed by atoms with Gasteiger partial charge in [-0.3, -0.25) is 9.59 Å². The first-order chi connectivity index (χ1) is 11.5. The first-order valence-electron chi connectivity index (χ1n) is 8.20. The number of carbonyl (C=O) groups is 2. The van der Waals surface area contributed by atoms with E-state index in [1.165, 1.54) is 13.2 Å². The summed E-state index contributed by atoms with van der Waals surface area (Å²) in [6.07, 6.45) is 5.17. The topological polar surface area (TPSA) is 55.8 Å². The summed E-state index contributed by atoms with van der Waals surface area (Å²) in [6, 6.07) is 7.49. The molecule has 1 aromatic carbocycles. The van der Waals surface area contributed by atoms with Gasteiger partial charge in [0.25, 0.3) is 0 Å². The highest BCUT2D eigenvalue weighted by Crippen LogP contribution is 2.14. The number of unbranched alkanes of at least 4 members (excludes halogenated alkanes) is 1. The average molecular weight is 333 g/mol. The molecule has 132 valence electrons. The molecule has 0 aliphatic heterocycles. The maximum atomic E-state index is 12.5. The number of esters is 1. The molecule has 1 atom stereocenters. The van der Waals surface area contributed by atoms with Gasteiger partial charge >= 0.3 is 5.97 Å². The molecular weight excluding hydrogens is 306 g/mol. The summed E-state index contributed by atoms with van der Waals surface area (Å²) in [4.78, 5) is 25.8. The van der Waals surface area contributed by atoms with Gasteiger partial charge in [-0.05, 0) is 30.2 Å². The zero-order valence-corrected chi connectivity index (χ0v) is 15.0. The van der Waals surface area contributed by atoms with Gasteiger partial charge in [0.2, 0.25) is 5.91 Å². The van der Waals surface area contributed by atoms with Crippen molar-refractivity contribution < 1.29 is 19.1 Å². The minimum atomic E-state index is -0.346. The molecule has 1 rings (SSSR count). The van der Waals surface area contributed by atoms with Crippen LogP contribution in [0.2, 0.25) is 0 Å². The van der Waals surface area contributed by atoms with Crippen LogP contribution in [0.3, 0.4) is 0 Å². The lowest BCUT2D eigenvalue weighted by molar-refractivity contribution is -0.146. The molecule has 1 amide bonds. The van der Waals surface area contributed by atoms with Crippen molar-refractivity contribution in [3.8, 4) is 5.75 Å². The molecule has 0 bridgehead atoms. The van der Waals surface area contributed by atoms with Crippen molar-refractivity contribution in [3.63, 3.8) is 0 Å². The minimum Gasteiger partial charge on any atom is -0.497 e. The highest BCUT2D eigenvalue weighted by molar-refractivity contribution is 5.92. The molecule has 0 spiro atoms. The molecule has 0 aliphatic carbocycles. The highest BCUT2D eigenvalue weighted by Gasteiger charge is 2.19. The predicted octanol–water partition coefficient (Wildman–Crippen LogP) is 3.15. The van der Waals surface area contributed by atoms with Gasteiger partial charge in [0.05, 0.1) is 20.1 Å². The van der Waals surface area contributed by atoms with E-state index in [1.54, 1.807) is 25.0 Å². The van der Waals surface area contributed by atoms with Gasteiger partial charge in [0, 0.05) is 19.2 Å².